The Morgan fingerprint density at radius 1 is 1.38 bits per heavy atom. The van der Waals surface area contributed by atoms with Gasteiger partial charge >= 0.3 is 0 Å². The van der Waals surface area contributed by atoms with Crippen LogP contribution < -0.4 is 5.32 Å². The van der Waals surface area contributed by atoms with Crippen LogP contribution in [0.3, 0.4) is 0 Å². The highest BCUT2D eigenvalue weighted by Crippen LogP contribution is 2.15. The maximum Gasteiger partial charge on any atom is 0.193 e. The monoisotopic (exact) mass is 331 g/mol. The second-order valence-electron chi connectivity index (χ2n) is 5.70. The number of benzene rings is 1. The molecule has 2 aromatic rings. The van der Waals surface area contributed by atoms with E-state index in [1.165, 1.54) is 6.07 Å². The molecule has 5 nitrogen and oxygen atoms in total. The lowest BCUT2D eigenvalue weighted by Crippen LogP contribution is -2.39. The van der Waals surface area contributed by atoms with E-state index in [9.17, 15) is 4.39 Å². The Morgan fingerprint density at radius 2 is 2.21 bits per heavy atom. The van der Waals surface area contributed by atoms with Crippen LogP contribution in [-0.4, -0.2) is 40.5 Å². The molecule has 0 unspecified atom stereocenters. The summed E-state index contributed by atoms with van der Waals surface area (Å²) in [5.74, 6) is 0.579. The van der Waals surface area contributed by atoms with Crippen molar-refractivity contribution in [2.45, 2.75) is 33.2 Å². The first kappa shape index (κ1) is 18.0. The molecule has 0 spiro atoms. The topological polar surface area (TPSA) is 45.5 Å². The Hall–Kier alpha value is -2.37. The van der Waals surface area contributed by atoms with Crippen LogP contribution in [0.4, 0.5) is 4.39 Å². The van der Waals surface area contributed by atoms with E-state index in [0.717, 1.165) is 37.5 Å². The number of hydrogen-bond donors (Lipinski definition) is 1. The van der Waals surface area contributed by atoms with Crippen LogP contribution >= 0.6 is 0 Å². The molecular weight excluding hydrogens is 305 g/mol. The summed E-state index contributed by atoms with van der Waals surface area (Å²) in [5.41, 5.74) is 1.34. The fourth-order valence-corrected chi connectivity index (χ4v) is 2.40. The van der Waals surface area contributed by atoms with Crippen molar-refractivity contribution in [3.63, 3.8) is 0 Å². The molecule has 130 valence electrons. The Labute approximate surface area is 143 Å². The van der Waals surface area contributed by atoms with Gasteiger partial charge in [0.05, 0.1) is 18.6 Å². The van der Waals surface area contributed by atoms with Gasteiger partial charge < -0.3 is 14.8 Å². The molecule has 0 saturated carbocycles. The van der Waals surface area contributed by atoms with Crippen LogP contribution in [0.2, 0.25) is 0 Å². The number of nitrogens with zero attached hydrogens (tertiary/aromatic N) is 4. The highest BCUT2D eigenvalue weighted by atomic mass is 19.1. The van der Waals surface area contributed by atoms with Gasteiger partial charge in [0.2, 0.25) is 0 Å². The van der Waals surface area contributed by atoms with E-state index in [1.54, 1.807) is 29.4 Å². The molecule has 24 heavy (non-hydrogen) atoms. The maximum absolute atomic E-state index is 14.3. The number of aromatic nitrogens is 2. The van der Waals surface area contributed by atoms with Gasteiger partial charge in [-0.05, 0) is 31.0 Å². The Morgan fingerprint density at radius 3 is 2.83 bits per heavy atom. The van der Waals surface area contributed by atoms with Crippen molar-refractivity contribution < 1.29 is 4.39 Å². The van der Waals surface area contributed by atoms with Gasteiger partial charge in [-0.25, -0.2) is 14.4 Å². The van der Waals surface area contributed by atoms with Crippen molar-refractivity contribution in [2.75, 3.05) is 20.1 Å². The highest BCUT2D eigenvalue weighted by Gasteiger charge is 2.07. The van der Waals surface area contributed by atoms with E-state index in [0.29, 0.717) is 12.2 Å². The normalized spacial score (nSPS) is 11.6. The molecule has 1 N–H and O–H groups in total. The molecule has 6 heteroatoms. The van der Waals surface area contributed by atoms with E-state index in [-0.39, 0.29) is 5.82 Å². The zero-order valence-electron chi connectivity index (χ0n) is 14.7. The number of guanidine groups is 1. The number of unbranched alkanes of at least 4 members (excludes halogenated alkanes) is 1. The summed E-state index contributed by atoms with van der Waals surface area (Å²) in [4.78, 5) is 10.7. The molecule has 0 amide bonds. The quantitative estimate of drug-likeness (QED) is 0.626. The predicted molar refractivity (Wildman–Crippen MR) is 95.9 cm³/mol. The van der Waals surface area contributed by atoms with Gasteiger partial charge in [-0.3, -0.25) is 0 Å². The maximum atomic E-state index is 14.3. The third kappa shape index (κ3) is 4.81. The van der Waals surface area contributed by atoms with Gasteiger partial charge in [0.15, 0.2) is 5.96 Å². The summed E-state index contributed by atoms with van der Waals surface area (Å²) < 4.78 is 15.9. The number of nitrogens with one attached hydrogen (secondary N) is 1. The van der Waals surface area contributed by atoms with Crippen LogP contribution in [0.1, 0.15) is 32.3 Å². The van der Waals surface area contributed by atoms with Crippen LogP contribution in [0, 0.1) is 5.82 Å². The average Bonchev–Trinajstić information content (AvgIpc) is 3.10. The Balaban J connectivity index is 2.09. The lowest BCUT2D eigenvalue weighted by Gasteiger charge is -2.21. The molecule has 0 saturated heterocycles. The van der Waals surface area contributed by atoms with E-state index in [2.05, 4.69) is 27.1 Å². The van der Waals surface area contributed by atoms with Crippen molar-refractivity contribution >= 4 is 5.96 Å². The zero-order valence-corrected chi connectivity index (χ0v) is 14.7. The first-order chi connectivity index (χ1) is 11.7. The fraction of sp³-hybridized carbons (Fsp3) is 0.444. The van der Waals surface area contributed by atoms with Gasteiger partial charge in [-0.2, -0.15) is 0 Å². The van der Waals surface area contributed by atoms with Gasteiger partial charge in [0, 0.05) is 32.5 Å². The molecule has 0 radical (unpaired) electrons. The molecule has 0 bridgehead atoms. The minimum atomic E-state index is -0.273. The van der Waals surface area contributed by atoms with Gasteiger partial charge in [0.1, 0.15) is 5.82 Å². The summed E-state index contributed by atoms with van der Waals surface area (Å²) >= 11 is 0. The minimum absolute atomic E-state index is 0.273. The molecule has 0 fully saturated rings. The molecule has 0 atom stereocenters. The first-order valence-electron chi connectivity index (χ1n) is 8.41. The van der Waals surface area contributed by atoms with Gasteiger partial charge in [-0.1, -0.05) is 19.4 Å². The molecule has 1 heterocycles. The summed E-state index contributed by atoms with van der Waals surface area (Å²) in [5, 5.41) is 3.28. The summed E-state index contributed by atoms with van der Waals surface area (Å²) in [6.45, 7) is 6.42. The molecule has 0 aliphatic heterocycles. The molecular formula is C18H26FN5. The first-order valence-corrected chi connectivity index (χ1v) is 8.41. The predicted octanol–water partition coefficient (Wildman–Crippen LogP) is 3.21. The largest absolute Gasteiger partial charge is 0.357 e. The smallest absolute Gasteiger partial charge is 0.193 e. The third-order valence-electron chi connectivity index (χ3n) is 3.75. The van der Waals surface area contributed by atoms with Crippen molar-refractivity contribution in [1.29, 1.82) is 0 Å². The number of imidazole rings is 1. The van der Waals surface area contributed by atoms with E-state index < -0.39 is 0 Å². The van der Waals surface area contributed by atoms with Crippen molar-refractivity contribution in [1.82, 2.24) is 19.8 Å². The van der Waals surface area contributed by atoms with Crippen LogP contribution in [0.25, 0.3) is 5.69 Å². The summed E-state index contributed by atoms with van der Waals surface area (Å²) in [7, 11) is 2.03. The molecule has 1 aromatic heterocycles. The zero-order chi connectivity index (χ0) is 17.4. The second kappa shape index (κ2) is 9.05. The number of aliphatic imine (C=N–C) groups is 1. The van der Waals surface area contributed by atoms with Crippen molar-refractivity contribution in [2.24, 2.45) is 4.99 Å². The number of halogens is 1. The number of hydrogen-bond acceptors (Lipinski definition) is 2. The van der Waals surface area contributed by atoms with E-state index in [4.69, 9.17) is 0 Å². The average molecular weight is 331 g/mol. The molecule has 1 aromatic carbocycles. The number of rotatable bonds is 7. The second-order valence-corrected chi connectivity index (χ2v) is 5.70. The van der Waals surface area contributed by atoms with E-state index >= 15 is 0 Å². The molecule has 0 aliphatic carbocycles. The molecule has 0 aliphatic rings. The summed E-state index contributed by atoms with van der Waals surface area (Å²) in [6, 6.07) is 5.20. The highest BCUT2D eigenvalue weighted by molar-refractivity contribution is 5.79. The third-order valence-corrected chi connectivity index (χ3v) is 3.75. The van der Waals surface area contributed by atoms with Crippen LogP contribution in [-0.2, 0) is 6.54 Å². The Bertz CT molecular complexity index is 651. The van der Waals surface area contributed by atoms with Gasteiger partial charge in [-0.15, -0.1) is 0 Å². The fourth-order valence-electron chi connectivity index (χ4n) is 2.40. The van der Waals surface area contributed by atoms with Gasteiger partial charge in [0.25, 0.3) is 0 Å². The lowest BCUT2D eigenvalue weighted by atomic mass is 10.2. The Kier molecular flexibility index (Phi) is 6.78. The summed E-state index contributed by atoms with van der Waals surface area (Å²) in [6.07, 6.45) is 7.21. The standard InChI is InChI=1S/C18H26FN5/c1-4-6-10-23(3)18(21-5-2)22-13-15-7-8-17(16(19)12-15)24-11-9-20-14-24/h7-9,11-12,14H,4-6,10,13H2,1-3H3,(H,21,22). The SMILES string of the molecule is CCCCN(C)C(=NCc1ccc(-n2ccnc2)c(F)c1)NCC. The van der Waals surface area contributed by atoms with Crippen molar-refractivity contribution in [3.05, 3.63) is 48.3 Å². The van der Waals surface area contributed by atoms with Crippen molar-refractivity contribution in [3.8, 4) is 5.69 Å². The van der Waals surface area contributed by atoms with E-state index in [1.807, 2.05) is 20.0 Å². The lowest BCUT2D eigenvalue weighted by molar-refractivity contribution is 0.464. The molecule has 2 rings (SSSR count). The van der Waals surface area contributed by atoms with Crippen LogP contribution in [0.15, 0.2) is 41.9 Å². The minimum Gasteiger partial charge on any atom is -0.357 e. The van der Waals surface area contributed by atoms with Crippen LogP contribution in [0.5, 0.6) is 0 Å².